The normalized spacial score (nSPS) is 18.7. The summed E-state index contributed by atoms with van der Waals surface area (Å²) in [6.07, 6.45) is 1.30. The maximum atomic E-state index is 13.0. The third-order valence-electron chi connectivity index (χ3n) is 4.92. The third-order valence-corrected chi connectivity index (χ3v) is 5.41. The number of amides is 1. The number of carbonyl (C=O) groups excluding carboxylic acids is 2. The monoisotopic (exact) mass is 427 g/mol. The Balaban J connectivity index is 1.95. The van der Waals surface area contributed by atoms with Gasteiger partial charge in [-0.05, 0) is 29.7 Å². The quantitative estimate of drug-likeness (QED) is 0.542. The van der Waals surface area contributed by atoms with Crippen molar-refractivity contribution in [2.24, 2.45) is 0 Å². The molecule has 0 unspecified atom stereocenters. The molecule has 27 heavy (non-hydrogen) atoms. The number of carbonyl (C=O) groups is 2. The Labute approximate surface area is 167 Å². The van der Waals surface area contributed by atoms with Crippen LogP contribution in [0.2, 0.25) is 0 Å². The highest BCUT2D eigenvalue weighted by molar-refractivity contribution is 9.10. The lowest BCUT2D eigenvalue weighted by atomic mass is 9.87. The van der Waals surface area contributed by atoms with Gasteiger partial charge < -0.3 is 10.0 Å². The molecule has 3 rings (SSSR count). The van der Waals surface area contributed by atoms with Gasteiger partial charge in [0.05, 0.1) is 12.1 Å². The fraction of sp³-hybridized carbons (Fsp3) is 0.273. The summed E-state index contributed by atoms with van der Waals surface area (Å²) in [4.78, 5) is 27.2. The van der Waals surface area contributed by atoms with E-state index in [9.17, 15) is 14.7 Å². The SMILES string of the molecule is C=CCN1C(=O)[C@](O)(CC(=O)c2ccc(C(C)C)cc2)c2cc(Br)ccc21. The molecule has 2 aromatic rings. The second-order valence-corrected chi connectivity index (χ2v) is 8.02. The van der Waals surface area contributed by atoms with E-state index in [4.69, 9.17) is 0 Å². The number of halogens is 1. The molecule has 1 aliphatic heterocycles. The van der Waals surface area contributed by atoms with Crippen LogP contribution in [0, 0.1) is 0 Å². The summed E-state index contributed by atoms with van der Waals surface area (Å²) in [7, 11) is 0. The Kier molecular flexibility index (Phi) is 5.36. The number of aliphatic hydroxyl groups is 1. The van der Waals surface area contributed by atoms with E-state index in [1.165, 1.54) is 4.90 Å². The fourth-order valence-corrected chi connectivity index (χ4v) is 3.75. The highest BCUT2D eigenvalue weighted by Crippen LogP contribution is 2.44. The van der Waals surface area contributed by atoms with Crippen LogP contribution in [-0.2, 0) is 10.4 Å². The molecule has 4 nitrogen and oxygen atoms in total. The van der Waals surface area contributed by atoms with Gasteiger partial charge in [-0.1, -0.05) is 60.1 Å². The number of anilines is 1. The van der Waals surface area contributed by atoms with Crippen molar-refractivity contribution >= 4 is 33.3 Å². The maximum absolute atomic E-state index is 13.0. The molecule has 2 aromatic carbocycles. The van der Waals surface area contributed by atoms with Gasteiger partial charge in [-0.15, -0.1) is 6.58 Å². The lowest BCUT2D eigenvalue weighted by molar-refractivity contribution is -0.135. The molecule has 0 spiro atoms. The molecule has 1 atom stereocenters. The lowest BCUT2D eigenvalue weighted by Crippen LogP contribution is -2.41. The summed E-state index contributed by atoms with van der Waals surface area (Å²) >= 11 is 3.38. The molecule has 1 heterocycles. The van der Waals surface area contributed by atoms with Crippen LogP contribution in [0.5, 0.6) is 0 Å². The maximum Gasteiger partial charge on any atom is 0.264 e. The molecule has 140 valence electrons. The second-order valence-electron chi connectivity index (χ2n) is 7.10. The predicted octanol–water partition coefficient (Wildman–Crippen LogP) is 4.57. The summed E-state index contributed by atoms with van der Waals surface area (Å²) < 4.78 is 0.738. The number of nitrogens with zero attached hydrogens (tertiary/aromatic N) is 1. The van der Waals surface area contributed by atoms with Crippen molar-refractivity contribution < 1.29 is 14.7 Å². The number of fused-ring (bicyclic) bond motifs is 1. The molecule has 0 saturated heterocycles. The third kappa shape index (κ3) is 3.49. The van der Waals surface area contributed by atoms with Gasteiger partial charge in [0.25, 0.3) is 5.91 Å². The number of benzene rings is 2. The number of hydrogen-bond donors (Lipinski definition) is 1. The molecule has 1 aliphatic rings. The summed E-state index contributed by atoms with van der Waals surface area (Å²) in [6.45, 7) is 8.11. The van der Waals surface area contributed by atoms with Crippen molar-refractivity contribution in [1.29, 1.82) is 0 Å². The van der Waals surface area contributed by atoms with Crippen LogP contribution in [0.3, 0.4) is 0 Å². The fourth-order valence-electron chi connectivity index (χ4n) is 3.39. The Morgan fingerprint density at radius 3 is 2.52 bits per heavy atom. The Bertz CT molecular complexity index is 904. The van der Waals surface area contributed by atoms with Crippen molar-refractivity contribution in [3.63, 3.8) is 0 Å². The molecule has 5 heteroatoms. The zero-order chi connectivity index (χ0) is 19.8. The zero-order valence-electron chi connectivity index (χ0n) is 15.4. The van der Waals surface area contributed by atoms with Crippen molar-refractivity contribution in [3.8, 4) is 0 Å². The topological polar surface area (TPSA) is 57.6 Å². The van der Waals surface area contributed by atoms with Crippen LogP contribution >= 0.6 is 15.9 Å². The standard InChI is InChI=1S/C22H22BrNO3/c1-4-11-24-19-10-9-17(23)12-18(19)22(27,21(24)26)13-20(25)16-7-5-15(6-8-16)14(2)3/h4-10,12,14,27H,1,11,13H2,2-3H3/t22-/m0/s1. The van der Waals surface area contributed by atoms with E-state index in [0.717, 1.165) is 10.0 Å². The van der Waals surface area contributed by atoms with E-state index in [1.54, 1.807) is 36.4 Å². The molecule has 1 N–H and O–H groups in total. The van der Waals surface area contributed by atoms with Gasteiger partial charge in [-0.2, -0.15) is 0 Å². The Hall–Kier alpha value is -2.24. The van der Waals surface area contributed by atoms with Gasteiger partial charge in [-0.3, -0.25) is 9.59 Å². The molecule has 0 radical (unpaired) electrons. The van der Waals surface area contributed by atoms with Gasteiger partial charge in [0.2, 0.25) is 0 Å². The average Bonchev–Trinajstić information content (AvgIpc) is 2.84. The summed E-state index contributed by atoms with van der Waals surface area (Å²) in [6, 6.07) is 12.6. The van der Waals surface area contributed by atoms with E-state index in [1.807, 2.05) is 12.1 Å². The molecular formula is C22H22BrNO3. The van der Waals surface area contributed by atoms with Crippen LogP contribution < -0.4 is 4.90 Å². The molecule has 0 fully saturated rings. The van der Waals surface area contributed by atoms with E-state index in [-0.39, 0.29) is 18.7 Å². The average molecular weight is 428 g/mol. The summed E-state index contributed by atoms with van der Waals surface area (Å²) in [5.74, 6) is -0.401. The van der Waals surface area contributed by atoms with Gasteiger partial charge >= 0.3 is 0 Å². The Morgan fingerprint density at radius 1 is 1.26 bits per heavy atom. The minimum Gasteiger partial charge on any atom is -0.375 e. The second kappa shape index (κ2) is 7.41. The first-order valence-corrected chi connectivity index (χ1v) is 9.65. The number of Topliss-reactive ketones (excluding diaryl/α,β-unsaturated/α-hetero) is 1. The van der Waals surface area contributed by atoms with E-state index >= 15 is 0 Å². The molecule has 1 amide bonds. The minimum atomic E-state index is -1.88. The predicted molar refractivity (Wildman–Crippen MR) is 110 cm³/mol. The zero-order valence-corrected chi connectivity index (χ0v) is 17.0. The van der Waals surface area contributed by atoms with E-state index in [2.05, 4.69) is 36.4 Å². The molecule has 0 aliphatic carbocycles. The first-order chi connectivity index (χ1) is 12.8. The number of rotatable bonds is 6. The highest BCUT2D eigenvalue weighted by atomic mass is 79.9. The van der Waals surface area contributed by atoms with Gasteiger partial charge in [0.15, 0.2) is 11.4 Å². The van der Waals surface area contributed by atoms with Crippen LogP contribution in [0.1, 0.15) is 47.7 Å². The minimum absolute atomic E-state index is 0.271. The molecular weight excluding hydrogens is 406 g/mol. The first-order valence-electron chi connectivity index (χ1n) is 8.86. The van der Waals surface area contributed by atoms with Gasteiger partial charge in [0, 0.05) is 22.1 Å². The van der Waals surface area contributed by atoms with Crippen molar-refractivity contribution in [1.82, 2.24) is 0 Å². The molecule has 0 bridgehead atoms. The summed E-state index contributed by atoms with van der Waals surface area (Å²) in [5, 5.41) is 11.2. The van der Waals surface area contributed by atoms with Crippen molar-refractivity contribution in [3.05, 3.63) is 76.3 Å². The smallest absolute Gasteiger partial charge is 0.264 e. The number of hydrogen-bond acceptors (Lipinski definition) is 3. The first kappa shape index (κ1) is 19.5. The van der Waals surface area contributed by atoms with Crippen molar-refractivity contribution in [2.45, 2.75) is 31.8 Å². The van der Waals surface area contributed by atoms with Crippen LogP contribution in [-0.4, -0.2) is 23.3 Å². The van der Waals surface area contributed by atoms with Gasteiger partial charge in [0.1, 0.15) is 0 Å². The number of ketones is 1. The largest absolute Gasteiger partial charge is 0.375 e. The lowest BCUT2D eigenvalue weighted by Gasteiger charge is -2.22. The van der Waals surface area contributed by atoms with Crippen molar-refractivity contribution in [2.75, 3.05) is 11.4 Å². The van der Waals surface area contributed by atoms with Crippen LogP contribution in [0.25, 0.3) is 0 Å². The highest BCUT2D eigenvalue weighted by Gasteiger charge is 2.50. The van der Waals surface area contributed by atoms with E-state index in [0.29, 0.717) is 22.7 Å². The van der Waals surface area contributed by atoms with Crippen LogP contribution in [0.4, 0.5) is 5.69 Å². The van der Waals surface area contributed by atoms with Crippen LogP contribution in [0.15, 0.2) is 59.6 Å². The van der Waals surface area contributed by atoms with Gasteiger partial charge in [-0.25, -0.2) is 0 Å². The Morgan fingerprint density at radius 2 is 1.93 bits per heavy atom. The molecule has 0 saturated carbocycles. The summed E-state index contributed by atoms with van der Waals surface area (Å²) in [5.41, 5.74) is 0.785. The van der Waals surface area contributed by atoms with E-state index < -0.39 is 11.5 Å². The molecule has 0 aromatic heterocycles.